The third kappa shape index (κ3) is 3.33. The van der Waals surface area contributed by atoms with E-state index in [2.05, 4.69) is 34.7 Å². The minimum Gasteiger partial charge on any atom is -0.367 e. The maximum Gasteiger partial charge on any atom is 0.355 e. The molecule has 0 radical (unpaired) electrons. The normalized spacial score (nSPS) is 11.2. The second-order valence-corrected chi connectivity index (χ2v) is 7.15. The van der Waals surface area contributed by atoms with Crippen molar-refractivity contribution >= 4 is 22.5 Å². The van der Waals surface area contributed by atoms with E-state index in [0.29, 0.717) is 11.5 Å². The number of hydrogen-bond donors (Lipinski definition) is 1. The standard InChI is InChI=1S/C24H21N5O/c30-24-28-21-16-8-7-15-20(21)26-22(25-17-9-12-18-10-3-1-4-11-18)23(28)27-29(24)19-13-5-2-6-14-19/h1-8,10-11,13-16H,9,12,17H2,(H,25,26). The van der Waals surface area contributed by atoms with Crippen LogP contribution in [-0.4, -0.2) is 25.7 Å². The summed E-state index contributed by atoms with van der Waals surface area (Å²) >= 11 is 0. The first-order valence-electron chi connectivity index (χ1n) is 10.0. The smallest absolute Gasteiger partial charge is 0.355 e. The predicted molar refractivity (Wildman–Crippen MR) is 119 cm³/mol. The molecule has 5 aromatic rings. The highest BCUT2D eigenvalue weighted by Crippen LogP contribution is 2.20. The van der Waals surface area contributed by atoms with Crippen LogP contribution in [0.5, 0.6) is 0 Å². The highest BCUT2D eigenvalue weighted by atomic mass is 16.2. The molecule has 5 rings (SSSR count). The minimum atomic E-state index is -0.206. The molecule has 2 aromatic heterocycles. The summed E-state index contributed by atoms with van der Waals surface area (Å²) in [5.74, 6) is 0.619. The molecule has 3 aromatic carbocycles. The molecule has 148 valence electrons. The monoisotopic (exact) mass is 395 g/mol. The molecule has 0 saturated heterocycles. The number of para-hydroxylation sites is 3. The molecule has 6 nitrogen and oxygen atoms in total. The van der Waals surface area contributed by atoms with Gasteiger partial charge in [0.25, 0.3) is 0 Å². The number of anilines is 1. The first-order valence-corrected chi connectivity index (χ1v) is 10.0. The van der Waals surface area contributed by atoms with Gasteiger partial charge in [0, 0.05) is 6.54 Å². The van der Waals surface area contributed by atoms with Crippen molar-refractivity contribution in [3.05, 3.63) is 101 Å². The van der Waals surface area contributed by atoms with Gasteiger partial charge in [-0.05, 0) is 42.7 Å². The number of benzene rings is 3. The number of nitrogens with zero attached hydrogens (tertiary/aromatic N) is 4. The molecule has 0 unspecified atom stereocenters. The van der Waals surface area contributed by atoms with E-state index in [1.165, 1.54) is 10.2 Å². The maximum absolute atomic E-state index is 13.2. The Morgan fingerprint density at radius 1 is 0.833 bits per heavy atom. The molecule has 0 fully saturated rings. The lowest BCUT2D eigenvalue weighted by atomic mass is 10.1. The lowest BCUT2D eigenvalue weighted by Gasteiger charge is -2.08. The van der Waals surface area contributed by atoms with Gasteiger partial charge in [-0.15, -0.1) is 5.10 Å². The van der Waals surface area contributed by atoms with Gasteiger partial charge in [0.2, 0.25) is 5.65 Å². The molecule has 0 saturated carbocycles. The van der Waals surface area contributed by atoms with Gasteiger partial charge in [-0.3, -0.25) is 0 Å². The Bertz CT molecular complexity index is 1360. The van der Waals surface area contributed by atoms with E-state index in [0.717, 1.165) is 36.1 Å². The van der Waals surface area contributed by atoms with Crippen molar-refractivity contribution in [2.24, 2.45) is 0 Å². The number of hydrogen-bond acceptors (Lipinski definition) is 4. The zero-order valence-electron chi connectivity index (χ0n) is 16.4. The van der Waals surface area contributed by atoms with Crippen LogP contribution < -0.4 is 11.0 Å². The fourth-order valence-corrected chi connectivity index (χ4v) is 3.66. The topological polar surface area (TPSA) is 64.2 Å². The van der Waals surface area contributed by atoms with Crippen molar-refractivity contribution in [3.63, 3.8) is 0 Å². The Morgan fingerprint density at radius 3 is 2.33 bits per heavy atom. The Hall–Kier alpha value is -3.93. The summed E-state index contributed by atoms with van der Waals surface area (Å²) < 4.78 is 3.06. The average molecular weight is 395 g/mol. The van der Waals surface area contributed by atoms with Crippen LogP contribution in [0.25, 0.3) is 22.4 Å². The van der Waals surface area contributed by atoms with Crippen molar-refractivity contribution in [3.8, 4) is 5.69 Å². The van der Waals surface area contributed by atoms with E-state index in [1.807, 2.05) is 60.7 Å². The zero-order chi connectivity index (χ0) is 20.3. The number of rotatable bonds is 6. The lowest BCUT2D eigenvalue weighted by Crippen LogP contribution is -2.20. The van der Waals surface area contributed by atoms with Gasteiger partial charge in [-0.25, -0.2) is 14.2 Å². The van der Waals surface area contributed by atoms with Crippen molar-refractivity contribution in [1.29, 1.82) is 0 Å². The van der Waals surface area contributed by atoms with Gasteiger partial charge in [0.1, 0.15) is 0 Å². The Labute approximate surface area is 173 Å². The SMILES string of the molecule is O=c1n(-c2ccccc2)nc2c(NCCCc3ccccc3)nc3ccccc3n12. The Balaban J connectivity index is 1.53. The van der Waals surface area contributed by atoms with Crippen LogP contribution in [0.4, 0.5) is 5.82 Å². The fraction of sp³-hybridized carbons (Fsp3) is 0.125. The largest absolute Gasteiger partial charge is 0.367 e. The molecule has 6 heteroatoms. The van der Waals surface area contributed by atoms with Crippen LogP contribution in [0.2, 0.25) is 0 Å². The van der Waals surface area contributed by atoms with E-state index in [4.69, 9.17) is 4.98 Å². The molecular weight excluding hydrogens is 374 g/mol. The summed E-state index contributed by atoms with van der Waals surface area (Å²) in [6, 6.07) is 27.5. The lowest BCUT2D eigenvalue weighted by molar-refractivity contribution is 0.842. The number of fused-ring (bicyclic) bond motifs is 3. The second-order valence-electron chi connectivity index (χ2n) is 7.15. The highest BCUT2D eigenvalue weighted by Gasteiger charge is 2.16. The Morgan fingerprint density at radius 2 is 1.53 bits per heavy atom. The molecule has 0 aliphatic heterocycles. The van der Waals surface area contributed by atoms with Gasteiger partial charge in [-0.2, -0.15) is 4.68 Å². The van der Waals surface area contributed by atoms with E-state index < -0.39 is 0 Å². The fourth-order valence-electron chi connectivity index (χ4n) is 3.66. The van der Waals surface area contributed by atoms with Gasteiger partial charge in [-0.1, -0.05) is 60.7 Å². The molecule has 2 heterocycles. The summed E-state index contributed by atoms with van der Waals surface area (Å²) in [5, 5.41) is 8.01. The summed E-state index contributed by atoms with van der Waals surface area (Å²) in [6.07, 6.45) is 1.93. The summed E-state index contributed by atoms with van der Waals surface area (Å²) in [7, 11) is 0. The van der Waals surface area contributed by atoms with Gasteiger partial charge < -0.3 is 5.32 Å². The quantitative estimate of drug-likeness (QED) is 0.440. The van der Waals surface area contributed by atoms with Crippen LogP contribution in [0.15, 0.2) is 89.7 Å². The second kappa shape index (κ2) is 7.83. The maximum atomic E-state index is 13.2. The summed E-state index contributed by atoms with van der Waals surface area (Å²) in [5.41, 5.74) is 3.86. The molecule has 0 aliphatic rings. The van der Waals surface area contributed by atoms with Gasteiger partial charge in [0.05, 0.1) is 16.7 Å². The Kier molecular flexibility index (Phi) is 4.73. The molecule has 0 bridgehead atoms. The summed E-state index contributed by atoms with van der Waals surface area (Å²) in [6.45, 7) is 0.738. The van der Waals surface area contributed by atoms with E-state index in [1.54, 1.807) is 4.40 Å². The van der Waals surface area contributed by atoms with Crippen molar-refractivity contribution in [2.75, 3.05) is 11.9 Å². The molecular formula is C24H21N5O. The van der Waals surface area contributed by atoms with Crippen molar-refractivity contribution < 1.29 is 0 Å². The zero-order valence-corrected chi connectivity index (χ0v) is 16.4. The first kappa shape index (κ1) is 18.1. The number of aromatic nitrogens is 4. The highest BCUT2D eigenvalue weighted by molar-refractivity contribution is 5.82. The first-order chi connectivity index (χ1) is 14.8. The third-order valence-corrected chi connectivity index (χ3v) is 5.12. The van der Waals surface area contributed by atoms with Crippen molar-refractivity contribution in [2.45, 2.75) is 12.8 Å². The molecule has 1 N–H and O–H groups in total. The molecule has 30 heavy (non-hydrogen) atoms. The van der Waals surface area contributed by atoms with Gasteiger partial charge in [0.15, 0.2) is 5.82 Å². The summed E-state index contributed by atoms with van der Waals surface area (Å²) in [4.78, 5) is 18.0. The van der Waals surface area contributed by atoms with E-state index in [-0.39, 0.29) is 5.69 Å². The minimum absolute atomic E-state index is 0.206. The van der Waals surface area contributed by atoms with E-state index in [9.17, 15) is 4.79 Å². The van der Waals surface area contributed by atoms with E-state index >= 15 is 0 Å². The predicted octanol–water partition coefficient (Wildman–Crippen LogP) is 4.08. The molecule has 0 atom stereocenters. The number of aryl methyl sites for hydroxylation is 1. The molecule has 0 amide bonds. The third-order valence-electron chi connectivity index (χ3n) is 5.12. The molecule has 0 spiro atoms. The molecule has 0 aliphatic carbocycles. The average Bonchev–Trinajstić information content (AvgIpc) is 3.16. The van der Waals surface area contributed by atoms with Crippen LogP contribution >= 0.6 is 0 Å². The van der Waals surface area contributed by atoms with Crippen LogP contribution in [0.3, 0.4) is 0 Å². The number of nitrogens with one attached hydrogen (secondary N) is 1. The van der Waals surface area contributed by atoms with Gasteiger partial charge >= 0.3 is 5.69 Å². The van der Waals surface area contributed by atoms with Crippen molar-refractivity contribution in [1.82, 2.24) is 19.2 Å². The van der Waals surface area contributed by atoms with Crippen LogP contribution in [-0.2, 0) is 6.42 Å². The van der Waals surface area contributed by atoms with Crippen LogP contribution in [0, 0.1) is 0 Å². The van der Waals surface area contributed by atoms with Crippen LogP contribution in [0.1, 0.15) is 12.0 Å².